The van der Waals surface area contributed by atoms with E-state index in [1.54, 1.807) is 26.1 Å². The fraction of sp³-hybridized carbons (Fsp3) is 0.579. The second kappa shape index (κ2) is 12.1. The highest BCUT2D eigenvalue weighted by atomic mass is 16.5. The number of hydrogen-bond donors (Lipinski definition) is 2. The van der Waals surface area contributed by atoms with E-state index in [1.807, 2.05) is 25.1 Å². The molecule has 2 N–H and O–H groups in total. The second-order valence-corrected chi connectivity index (χ2v) is 6.19. The number of carbonyl (C=O) groups excluding carboxylic acids is 1. The molecule has 0 atom stereocenters. The van der Waals surface area contributed by atoms with Crippen LogP contribution < -0.4 is 15.4 Å². The van der Waals surface area contributed by atoms with Crippen molar-refractivity contribution in [2.45, 2.75) is 26.8 Å². The molecule has 1 aromatic carbocycles. The Bertz CT molecular complexity index is 588. The van der Waals surface area contributed by atoms with E-state index >= 15 is 0 Å². The number of likely N-dealkylation sites (N-methyl/N-ethyl adjacent to an activating group) is 1. The molecule has 0 aromatic heterocycles. The largest absolute Gasteiger partial charge is 0.491 e. The number of guanidine groups is 1. The molecular weight excluding hydrogens is 332 g/mol. The van der Waals surface area contributed by atoms with Crippen molar-refractivity contribution in [3.63, 3.8) is 0 Å². The molecule has 1 aromatic rings. The van der Waals surface area contributed by atoms with Crippen molar-refractivity contribution < 1.29 is 14.3 Å². The van der Waals surface area contributed by atoms with Gasteiger partial charge in [-0.1, -0.05) is 19.1 Å². The average Bonchev–Trinajstić information content (AvgIpc) is 2.62. The maximum atomic E-state index is 11.8. The fourth-order valence-corrected chi connectivity index (χ4v) is 2.06. The minimum Gasteiger partial charge on any atom is -0.491 e. The summed E-state index contributed by atoms with van der Waals surface area (Å²) < 4.78 is 10.8. The molecule has 146 valence electrons. The number of amides is 1. The van der Waals surface area contributed by atoms with Crippen molar-refractivity contribution in [1.82, 2.24) is 15.5 Å². The van der Waals surface area contributed by atoms with Crippen LogP contribution in [0.5, 0.6) is 5.75 Å². The van der Waals surface area contributed by atoms with Crippen molar-refractivity contribution in [3.05, 3.63) is 29.3 Å². The van der Waals surface area contributed by atoms with Crippen molar-refractivity contribution in [2.24, 2.45) is 4.99 Å². The first-order chi connectivity index (χ1) is 12.5. The average molecular weight is 364 g/mol. The minimum absolute atomic E-state index is 0.00470. The smallest absolute Gasteiger partial charge is 0.241 e. The van der Waals surface area contributed by atoms with E-state index in [1.165, 1.54) is 0 Å². The monoisotopic (exact) mass is 364 g/mol. The summed E-state index contributed by atoms with van der Waals surface area (Å²) in [6.45, 7) is 6.58. The molecule has 0 saturated heterocycles. The molecule has 0 spiro atoms. The lowest BCUT2D eigenvalue weighted by Gasteiger charge is -2.15. The Morgan fingerprint density at radius 2 is 2.00 bits per heavy atom. The van der Waals surface area contributed by atoms with E-state index in [-0.39, 0.29) is 12.5 Å². The number of aryl methyl sites for hydroxylation is 1. The Labute approximate surface area is 156 Å². The highest BCUT2D eigenvalue weighted by molar-refractivity contribution is 5.86. The molecule has 0 bridgehead atoms. The van der Waals surface area contributed by atoms with Gasteiger partial charge in [0.15, 0.2) is 5.96 Å². The van der Waals surface area contributed by atoms with Gasteiger partial charge in [0.2, 0.25) is 5.91 Å². The summed E-state index contributed by atoms with van der Waals surface area (Å²) in [6, 6.07) is 6.06. The van der Waals surface area contributed by atoms with Gasteiger partial charge in [0.05, 0.1) is 19.7 Å². The van der Waals surface area contributed by atoms with Gasteiger partial charge < -0.3 is 25.0 Å². The molecule has 0 saturated carbocycles. The molecule has 7 nitrogen and oxygen atoms in total. The van der Waals surface area contributed by atoms with Gasteiger partial charge in [0, 0.05) is 33.3 Å². The van der Waals surface area contributed by atoms with Gasteiger partial charge in [-0.2, -0.15) is 0 Å². The number of methoxy groups -OCH3 is 1. The lowest BCUT2D eigenvalue weighted by molar-refractivity contribution is -0.127. The maximum Gasteiger partial charge on any atom is 0.241 e. The fourth-order valence-electron chi connectivity index (χ4n) is 2.06. The predicted octanol–water partition coefficient (Wildman–Crippen LogP) is 1.55. The lowest BCUT2D eigenvalue weighted by atomic mass is 10.1. The highest BCUT2D eigenvalue weighted by Crippen LogP contribution is 2.21. The molecular formula is C19H32N4O3. The van der Waals surface area contributed by atoms with Crippen LogP contribution in [0.25, 0.3) is 0 Å². The molecule has 26 heavy (non-hydrogen) atoms. The standard InChI is InChI=1S/C19H32N4O3/c1-6-9-20-19(22-14-18(24)23(3)4)21-13-16-8-7-15(2)12-17(16)26-11-10-25-5/h7-8,12H,6,9-11,13-14H2,1-5H3,(H2,20,21,22). The Balaban J connectivity index is 2.81. The van der Waals surface area contributed by atoms with Crippen LogP contribution in [0, 0.1) is 6.92 Å². The zero-order chi connectivity index (χ0) is 19.4. The summed E-state index contributed by atoms with van der Waals surface area (Å²) in [5, 5.41) is 6.30. The third-order valence-electron chi connectivity index (χ3n) is 3.62. The quantitative estimate of drug-likeness (QED) is 0.374. The molecule has 0 unspecified atom stereocenters. The van der Waals surface area contributed by atoms with Crippen LogP contribution in [0.15, 0.2) is 23.2 Å². The first kappa shape index (κ1) is 21.8. The summed E-state index contributed by atoms with van der Waals surface area (Å²) in [5.41, 5.74) is 2.12. The van der Waals surface area contributed by atoms with E-state index in [9.17, 15) is 4.79 Å². The summed E-state index contributed by atoms with van der Waals surface area (Å²) in [6.07, 6.45) is 0.970. The van der Waals surface area contributed by atoms with Crippen LogP contribution in [0.3, 0.4) is 0 Å². The van der Waals surface area contributed by atoms with E-state index in [4.69, 9.17) is 9.47 Å². The minimum atomic E-state index is -0.00470. The molecule has 0 aliphatic heterocycles. The van der Waals surface area contributed by atoms with Crippen molar-refractivity contribution in [2.75, 3.05) is 47.5 Å². The second-order valence-electron chi connectivity index (χ2n) is 6.19. The summed E-state index contributed by atoms with van der Waals surface area (Å²) >= 11 is 0. The molecule has 1 rings (SSSR count). The Kier molecular flexibility index (Phi) is 10.2. The van der Waals surface area contributed by atoms with Crippen molar-refractivity contribution >= 4 is 11.9 Å². The highest BCUT2D eigenvalue weighted by Gasteiger charge is 2.07. The normalized spacial score (nSPS) is 11.2. The zero-order valence-corrected chi connectivity index (χ0v) is 16.6. The topological polar surface area (TPSA) is 75.2 Å². The molecule has 7 heteroatoms. The van der Waals surface area contributed by atoms with Gasteiger partial charge >= 0.3 is 0 Å². The van der Waals surface area contributed by atoms with Crippen LogP contribution >= 0.6 is 0 Å². The molecule has 0 fully saturated rings. The first-order valence-electron chi connectivity index (χ1n) is 8.91. The molecule has 0 aliphatic rings. The molecule has 0 aliphatic carbocycles. The molecule has 0 radical (unpaired) electrons. The predicted molar refractivity (Wildman–Crippen MR) is 105 cm³/mol. The third-order valence-corrected chi connectivity index (χ3v) is 3.62. The first-order valence-corrected chi connectivity index (χ1v) is 8.91. The lowest BCUT2D eigenvalue weighted by Crippen LogP contribution is -2.43. The SMILES string of the molecule is CCCNC(=NCc1ccc(C)cc1OCCOC)NCC(=O)N(C)C. The van der Waals surface area contributed by atoms with Crippen LogP contribution in [-0.4, -0.2) is 64.3 Å². The number of benzene rings is 1. The number of nitrogens with one attached hydrogen (secondary N) is 2. The van der Waals surface area contributed by atoms with Gasteiger partial charge in [-0.05, 0) is 25.0 Å². The zero-order valence-electron chi connectivity index (χ0n) is 16.6. The van der Waals surface area contributed by atoms with Gasteiger partial charge in [-0.15, -0.1) is 0 Å². The maximum absolute atomic E-state index is 11.8. The van der Waals surface area contributed by atoms with Gasteiger partial charge in [0.25, 0.3) is 0 Å². The van der Waals surface area contributed by atoms with Gasteiger partial charge in [-0.25, -0.2) is 4.99 Å². The number of rotatable bonds is 10. The number of carbonyl (C=O) groups is 1. The number of nitrogens with zero attached hydrogens (tertiary/aromatic N) is 2. The molecule has 1 amide bonds. The van der Waals surface area contributed by atoms with Gasteiger partial charge in [0.1, 0.15) is 12.4 Å². The van der Waals surface area contributed by atoms with Crippen LogP contribution in [0.4, 0.5) is 0 Å². The number of aliphatic imine (C=N–C) groups is 1. The van der Waals surface area contributed by atoms with E-state index < -0.39 is 0 Å². The Hall–Kier alpha value is -2.28. The summed E-state index contributed by atoms with van der Waals surface area (Å²) in [5.74, 6) is 1.42. The van der Waals surface area contributed by atoms with Crippen LogP contribution in [-0.2, 0) is 16.1 Å². The Morgan fingerprint density at radius 3 is 2.65 bits per heavy atom. The third kappa shape index (κ3) is 8.20. The number of ether oxygens (including phenoxy) is 2. The van der Waals surface area contributed by atoms with E-state index in [0.29, 0.717) is 25.7 Å². The Morgan fingerprint density at radius 1 is 1.23 bits per heavy atom. The van der Waals surface area contributed by atoms with E-state index in [0.717, 1.165) is 29.8 Å². The summed E-state index contributed by atoms with van der Waals surface area (Å²) in [4.78, 5) is 17.9. The van der Waals surface area contributed by atoms with Gasteiger partial charge in [-0.3, -0.25) is 4.79 Å². The van der Waals surface area contributed by atoms with Crippen molar-refractivity contribution in [1.29, 1.82) is 0 Å². The van der Waals surface area contributed by atoms with E-state index in [2.05, 4.69) is 22.5 Å². The van der Waals surface area contributed by atoms with Crippen molar-refractivity contribution in [3.8, 4) is 5.75 Å². The molecule has 0 heterocycles. The van der Waals surface area contributed by atoms with Crippen LogP contribution in [0.1, 0.15) is 24.5 Å². The van der Waals surface area contributed by atoms with Crippen LogP contribution in [0.2, 0.25) is 0 Å². The number of hydrogen-bond acceptors (Lipinski definition) is 4. The summed E-state index contributed by atoms with van der Waals surface area (Å²) in [7, 11) is 5.11.